The third-order valence-electron chi connectivity index (χ3n) is 4.47. The lowest BCUT2D eigenvalue weighted by Gasteiger charge is -2.30. The molecule has 3 rings (SSSR count). The molecule has 2 atom stereocenters. The van der Waals surface area contributed by atoms with E-state index >= 15 is 0 Å². The second-order valence-corrected chi connectivity index (χ2v) is 7.46. The van der Waals surface area contributed by atoms with E-state index in [0.29, 0.717) is 19.4 Å². The van der Waals surface area contributed by atoms with Crippen molar-refractivity contribution >= 4 is 17.7 Å². The van der Waals surface area contributed by atoms with E-state index in [4.69, 9.17) is 4.74 Å². The summed E-state index contributed by atoms with van der Waals surface area (Å²) in [7, 11) is 1.59. The SMILES string of the molecule is CN1CCCC(Oc2ccc(SC(F)(F)F)c3c2CC(F)(F)C3O)C1=O. The van der Waals surface area contributed by atoms with Crippen molar-refractivity contribution in [3.63, 3.8) is 0 Å². The standard InChI is InChI=1S/C16H16F5NO3S/c1-22-6-2-3-10(14(22)24)25-9-4-5-11(26-16(19,20)21)12-8(9)7-15(17,18)13(12)23/h4-5,10,13,23H,2-3,6-7H2,1H3. The van der Waals surface area contributed by atoms with Gasteiger partial charge in [0.2, 0.25) is 0 Å². The molecule has 144 valence electrons. The summed E-state index contributed by atoms with van der Waals surface area (Å²) in [5.74, 6) is -4.00. The topological polar surface area (TPSA) is 49.8 Å². The third-order valence-corrected chi connectivity index (χ3v) is 5.27. The molecular formula is C16H16F5NO3S. The lowest BCUT2D eigenvalue weighted by atomic mass is 10.1. The van der Waals surface area contributed by atoms with Crippen LogP contribution in [0, 0.1) is 0 Å². The van der Waals surface area contributed by atoms with E-state index in [1.54, 1.807) is 7.05 Å². The highest BCUT2D eigenvalue weighted by atomic mass is 32.2. The summed E-state index contributed by atoms with van der Waals surface area (Å²) in [5, 5.41) is 9.85. The molecule has 1 amide bonds. The van der Waals surface area contributed by atoms with Gasteiger partial charge >= 0.3 is 5.51 Å². The first-order valence-electron chi connectivity index (χ1n) is 7.88. The van der Waals surface area contributed by atoms with Crippen molar-refractivity contribution in [3.8, 4) is 5.75 Å². The van der Waals surface area contributed by atoms with Gasteiger partial charge in [-0.25, -0.2) is 8.78 Å². The average molecular weight is 397 g/mol. The van der Waals surface area contributed by atoms with Crippen molar-refractivity contribution < 1.29 is 36.6 Å². The fourth-order valence-electron chi connectivity index (χ4n) is 3.23. The van der Waals surface area contributed by atoms with Gasteiger partial charge in [-0.05, 0) is 36.7 Å². The van der Waals surface area contributed by atoms with Crippen molar-refractivity contribution in [2.24, 2.45) is 0 Å². The summed E-state index contributed by atoms with van der Waals surface area (Å²) in [5.41, 5.74) is -5.35. The zero-order chi connectivity index (χ0) is 19.3. The van der Waals surface area contributed by atoms with Gasteiger partial charge in [-0.1, -0.05) is 0 Å². The van der Waals surface area contributed by atoms with Crippen LogP contribution in [0.5, 0.6) is 5.75 Å². The fraction of sp³-hybridized carbons (Fsp3) is 0.562. The quantitative estimate of drug-likeness (QED) is 0.626. The number of fused-ring (bicyclic) bond motifs is 1. The number of amides is 1. The number of likely N-dealkylation sites (N-methyl/N-ethyl adjacent to an activating group) is 1. The van der Waals surface area contributed by atoms with E-state index < -0.39 is 52.3 Å². The monoisotopic (exact) mass is 397 g/mol. The van der Waals surface area contributed by atoms with Crippen molar-refractivity contribution in [1.82, 2.24) is 4.90 Å². The van der Waals surface area contributed by atoms with Gasteiger partial charge in [0.15, 0.2) is 6.10 Å². The largest absolute Gasteiger partial charge is 0.480 e. The third kappa shape index (κ3) is 3.62. The first kappa shape index (κ1) is 19.2. The number of hydrogen-bond donors (Lipinski definition) is 1. The van der Waals surface area contributed by atoms with Gasteiger partial charge in [-0.3, -0.25) is 4.79 Å². The number of nitrogens with zero attached hydrogens (tertiary/aromatic N) is 1. The highest BCUT2D eigenvalue weighted by molar-refractivity contribution is 8.00. The van der Waals surface area contributed by atoms with Crippen LogP contribution in [0.2, 0.25) is 0 Å². The Morgan fingerprint density at radius 1 is 1.35 bits per heavy atom. The number of ether oxygens (including phenoxy) is 1. The van der Waals surface area contributed by atoms with Crippen LogP contribution in [0.4, 0.5) is 22.0 Å². The Morgan fingerprint density at radius 2 is 2.04 bits per heavy atom. The normalized spacial score (nSPS) is 25.3. The average Bonchev–Trinajstić information content (AvgIpc) is 2.76. The molecule has 2 unspecified atom stereocenters. The Bertz CT molecular complexity index is 725. The summed E-state index contributed by atoms with van der Waals surface area (Å²) >= 11 is -0.558. The van der Waals surface area contributed by atoms with Gasteiger partial charge in [0.05, 0.1) is 0 Å². The minimum Gasteiger partial charge on any atom is -0.480 e. The number of likely N-dealkylation sites (tertiary alicyclic amines) is 1. The van der Waals surface area contributed by atoms with Gasteiger partial charge in [0.1, 0.15) is 11.9 Å². The maximum atomic E-state index is 14.0. The second-order valence-electron chi connectivity index (χ2n) is 6.35. The Balaban J connectivity index is 1.97. The molecule has 10 heteroatoms. The number of carbonyl (C=O) groups is 1. The van der Waals surface area contributed by atoms with Crippen molar-refractivity contribution in [2.45, 2.75) is 47.8 Å². The van der Waals surface area contributed by atoms with Gasteiger partial charge in [0, 0.05) is 36.0 Å². The van der Waals surface area contributed by atoms with Crippen LogP contribution in [0.15, 0.2) is 17.0 Å². The number of aliphatic hydroxyl groups excluding tert-OH is 1. The van der Waals surface area contributed by atoms with E-state index in [9.17, 15) is 31.9 Å². The summed E-state index contributed by atoms with van der Waals surface area (Å²) in [4.78, 5) is 13.1. The van der Waals surface area contributed by atoms with E-state index in [1.165, 1.54) is 4.90 Å². The van der Waals surface area contributed by atoms with Crippen molar-refractivity contribution in [3.05, 3.63) is 23.3 Å². The van der Waals surface area contributed by atoms with Crippen LogP contribution in [0.3, 0.4) is 0 Å². The van der Waals surface area contributed by atoms with E-state index in [1.807, 2.05) is 0 Å². The summed E-state index contributed by atoms with van der Waals surface area (Å²) in [6.45, 7) is 0.550. The molecule has 1 heterocycles. The number of hydrogen-bond acceptors (Lipinski definition) is 4. The lowest BCUT2D eigenvalue weighted by molar-refractivity contribution is -0.140. The highest BCUT2D eigenvalue weighted by Crippen LogP contribution is 2.52. The maximum absolute atomic E-state index is 14.0. The van der Waals surface area contributed by atoms with Crippen LogP contribution in [-0.4, -0.2) is 47.0 Å². The van der Waals surface area contributed by atoms with E-state index in [-0.39, 0.29) is 17.2 Å². The van der Waals surface area contributed by atoms with E-state index in [0.717, 1.165) is 12.1 Å². The molecule has 1 aromatic rings. The van der Waals surface area contributed by atoms with Crippen LogP contribution < -0.4 is 4.74 Å². The Morgan fingerprint density at radius 3 is 2.69 bits per heavy atom. The zero-order valence-corrected chi connectivity index (χ0v) is 14.5. The summed E-state index contributed by atoms with van der Waals surface area (Å²) in [6, 6.07) is 2.15. The molecule has 1 saturated heterocycles. The van der Waals surface area contributed by atoms with Crippen LogP contribution in [-0.2, 0) is 11.2 Å². The second kappa shape index (κ2) is 6.56. The fourth-order valence-corrected chi connectivity index (χ4v) is 3.96. The van der Waals surface area contributed by atoms with Gasteiger partial charge in [-0.2, -0.15) is 13.2 Å². The van der Waals surface area contributed by atoms with Crippen LogP contribution >= 0.6 is 11.8 Å². The minimum absolute atomic E-state index is 0.0867. The molecule has 0 saturated carbocycles. The Hall–Kier alpha value is -1.55. The van der Waals surface area contributed by atoms with Crippen molar-refractivity contribution in [2.75, 3.05) is 13.6 Å². The predicted octanol–water partition coefficient (Wildman–Crippen LogP) is 3.52. The number of carbonyl (C=O) groups excluding carboxylic acids is 1. The molecule has 4 nitrogen and oxygen atoms in total. The van der Waals surface area contributed by atoms with E-state index in [2.05, 4.69) is 0 Å². The number of thioether (sulfide) groups is 1. The molecule has 26 heavy (non-hydrogen) atoms. The predicted molar refractivity (Wildman–Crippen MR) is 83.3 cm³/mol. The molecule has 0 spiro atoms. The molecule has 2 aliphatic rings. The number of benzene rings is 1. The molecule has 0 aromatic heterocycles. The molecule has 1 N–H and O–H groups in total. The molecule has 0 radical (unpaired) electrons. The molecule has 1 aliphatic carbocycles. The molecule has 1 aliphatic heterocycles. The summed E-state index contributed by atoms with van der Waals surface area (Å²) in [6.07, 6.45) is -3.13. The van der Waals surface area contributed by atoms with Crippen LogP contribution in [0.25, 0.3) is 0 Å². The number of alkyl halides is 5. The number of halogens is 5. The smallest absolute Gasteiger partial charge is 0.446 e. The number of rotatable bonds is 3. The molecule has 1 fully saturated rings. The first-order chi connectivity index (χ1) is 12.0. The molecule has 0 bridgehead atoms. The lowest BCUT2D eigenvalue weighted by Crippen LogP contribution is -2.44. The number of piperidine rings is 1. The Labute approximate surface area is 150 Å². The first-order valence-corrected chi connectivity index (χ1v) is 8.70. The van der Waals surface area contributed by atoms with Crippen LogP contribution in [0.1, 0.15) is 30.1 Å². The maximum Gasteiger partial charge on any atom is 0.446 e. The van der Waals surface area contributed by atoms with Gasteiger partial charge in [0.25, 0.3) is 11.8 Å². The minimum atomic E-state index is -4.68. The van der Waals surface area contributed by atoms with Crippen molar-refractivity contribution in [1.29, 1.82) is 0 Å². The highest BCUT2D eigenvalue weighted by Gasteiger charge is 2.50. The number of aliphatic hydroxyl groups is 1. The molecular weight excluding hydrogens is 381 g/mol. The van der Waals surface area contributed by atoms with Gasteiger partial charge < -0.3 is 14.7 Å². The zero-order valence-electron chi connectivity index (χ0n) is 13.6. The van der Waals surface area contributed by atoms with Gasteiger partial charge in [-0.15, -0.1) is 0 Å². The molecule has 1 aromatic carbocycles. The summed E-state index contributed by atoms with van der Waals surface area (Å²) < 4.78 is 71.6. The Kier molecular flexibility index (Phi) is 4.85.